The van der Waals surface area contributed by atoms with Crippen molar-refractivity contribution >= 4 is 38.9 Å². The molecule has 202 valence electrons. The zero-order valence-electron chi connectivity index (χ0n) is 22.2. The summed E-state index contributed by atoms with van der Waals surface area (Å²) in [6.07, 6.45) is 10.6. The number of ether oxygens (including phenoxy) is 1. The van der Waals surface area contributed by atoms with Gasteiger partial charge >= 0.3 is 6.09 Å². The third-order valence-electron chi connectivity index (χ3n) is 7.42. The van der Waals surface area contributed by atoms with Crippen molar-refractivity contribution in [3.8, 4) is 0 Å². The zero-order valence-corrected chi connectivity index (χ0v) is 23.0. The van der Waals surface area contributed by atoms with Gasteiger partial charge in [-0.2, -0.15) is 0 Å². The van der Waals surface area contributed by atoms with Crippen molar-refractivity contribution < 1.29 is 14.3 Å². The van der Waals surface area contributed by atoms with E-state index in [4.69, 9.17) is 4.74 Å². The zero-order chi connectivity index (χ0) is 26.7. The third kappa shape index (κ3) is 6.35. The van der Waals surface area contributed by atoms with Gasteiger partial charge in [0.25, 0.3) is 0 Å². The van der Waals surface area contributed by atoms with Gasteiger partial charge in [0.1, 0.15) is 18.2 Å². The summed E-state index contributed by atoms with van der Waals surface area (Å²) >= 11 is 0. The fraction of sp³-hybridized carbons (Fsp3) is 0.464. The maximum atomic E-state index is 13.5. The number of hydrogen-bond donors (Lipinski definition) is 2. The number of benzene rings is 1. The highest BCUT2D eigenvalue weighted by Gasteiger charge is 2.44. The molecule has 2 aromatic heterocycles. The molecule has 5 rings (SSSR count). The van der Waals surface area contributed by atoms with E-state index in [0.29, 0.717) is 29.8 Å². The molecule has 2 aliphatic heterocycles. The van der Waals surface area contributed by atoms with Crippen LogP contribution >= 0.6 is 10.0 Å². The monoisotopic (exact) mass is 536 g/mol. The van der Waals surface area contributed by atoms with Gasteiger partial charge in [0.15, 0.2) is 5.65 Å². The summed E-state index contributed by atoms with van der Waals surface area (Å²) in [5.41, 5.74) is 3.24. The molecule has 1 aromatic carbocycles. The molecule has 0 saturated carbocycles. The Morgan fingerprint density at radius 1 is 1.08 bits per heavy atom. The standard InChI is InChI=1S/C28H36N6O3S/c1-19-13-21(16-34(15-19)24-9-10-30-26-25(24)29-11-12-31-26)32-27(35)23(14-22-18-38(22,2)3)33-28(36)37-17-20-7-5-4-6-8-20/h4-12,19,21-23H,13-18H2,1-3H3,(H,32,35)(H,33,36)/t19-,21+,22?,23+/m0/s1. The Balaban J connectivity index is 1.25. The molecule has 2 saturated heterocycles. The third-order valence-corrected chi connectivity index (χ3v) is 10.4. The number of pyridine rings is 1. The normalized spacial score (nSPS) is 23.8. The van der Waals surface area contributed by atoms with Crippen LogP contribution in [0.2, 0.25) is 0 Å². The quantitative estimate of drug-likeness (QED) is 0.424. The first-order chi connectivity index (χ1) is 18.3. The van der Waals surface area contributed by atoms with Crippen molar-refractivity contribution in [2.75, 3.05) is 36.3 Å². The van der Waals surface area contributed by atoms with Gasteiger partial charge < -0.3 is 20.3 Å². The Morgan fingerprint density at radius 2 is 1.82 bits per heavy atom. The minimum Gasteiger partial charge on any atom is -0.445 e. The minimum atomic E-state index is -0.684. The molecule has 0 radical (unpaired) electrons. The lowest BCUT2D eigenvalue weighted by molar-refractivity contribution is -0.124. The highest BCUT2D eigenvalue weighted by atomic mass is 32.3. The summed E-state index contributed by atoms with van der Waals surface area (Å²) in [6.45, 7) is 3.86. The predicted octanol–water partition coefficient (Wildman–Crippen LogP) is 3.49. The van der Waals surface area contributed by atoms with Crippen molar-refractivity contribution in [3.63, 3.8) is 0 Å². The molecule has 4 heterocycles. The maximum absolute atomic E-state index is 13.5. The molecule has 0 bridgehead atoms. The number of rotatable bonds is 8. The van der Waals surface area contributed by atoms with Crippen LogP contribution in [0.25, 0.3) is 11.2 Å². The Labute approximate surface area is 225 Å². The van der Waals surface area contributed by atoms with Crippen LogP contribution in [0.5, 0.6) is 0 Å². The summed E-state index contributed by atoms with van der Waals surface area (Å²) in [4.78, 5) is 41.6. The van der Waals surface area contributed by atoms with Crippen LogP contribution in [-0.4, -0.2) is 75.6 Å². The van der Waals surface area contributed by atoms with Gasteiger partial charge in [0, 0.05) is 37.7 Å². The lowest BCUT2D eigenvalue weighted by atomic mass is 9.95. The van der Waals surface area contributed by atoms with Crippen molar-refractivity contribution in [1.29, 1.82) is 0 Å². The number of piperidine rings is 1. The topological polar surface area (TPSA) is 109 Å². The first kappa shape index (κ1) is 26.2. The summed E-state index contributed by atoms with van der Waals surface area (Å²) in [7, 11) is -0.684. The molecule has 2 N–H and O–H groups in total. The minimum absolute atomic E-state index is 0.0599. The maximum Gasteiger partial charge on any atom is 0.408 e. The van der Waals surface area contributed by atoms with Crippen LogP contribution in [-0.2, 0) is 16.1 Å². The first-order valence-corrected chi connectivity index (χ1v) is 15.7. The smallest absolute Gasteiger partial charge is 0.408 e. The average molecular weight is 537 g/mol. The molecule has 2 aliphatic rings. The Kier molecular flexibility index (Phi) is 7.69. The van der Waals surface area contributed by atoms with Crippen molar-refractivity contribution in [2.45, 2.75) is 43.7 Å². The van der Waals surface area contributed by atoms with Gasteiger partial charge in [-0.15, -0.1) is 0 Å². The molecular formula is C28H36N6O3S. The van der Waals surface area contributed by atoms with E-state index in [2.05, 4.69) is 49.9 Å². The largest absolute Gasteiger partial charge is 0.445 e. The lowest BCUT2D eigenvalue weighted by Gasteiger charge is -2.38. The van der Waals surface area contributed by atoms with Gasteiger partial charge in [-0.05, 0) is 53.9 Å². The molecule has 4 atom stereocenters. The first-order valence-electron chi connectivity index (χ1n) is 13.1. The Morgan fingerprint density at radius 3 is 2.58 bits per heavy atom. The van der Waals surface area contributed by atoms with Crippen LogP contribution in [0, 0.1) is 5.92 Å². The van der Waals surface area contributed by atoms with Gasteiger partial charge in [-0.3, -0.25) is 4.79 Å². The van der Waals surface area contributed by atoms with E-state index in [1.165, 1.54) is 0 Å². The van der Waals surface area contributed by atoms with E-state index in [1.807, 2.05) is 36.4 Å². The van der Waals surface area contributed by atoms with Gasteiger partial charge in [-0.1, -0.05) is 37.3 Å². The second kappa shape index (κ2) is 11.1. The number of amides is 2. The summed E-state index contributed by atoms with van der Waals surface area (Å²) < 4.78 is 5.44. The molecule has 38 heavy (non-hydrogen) atoms. The van der Waals surface area contributed by atoms with Gasteiger partial charge in [0.2, 0.25) is 5.91 Å². The molecule has 3 aromatic rings. The van der Waals surface area contributed by atoms with Crippen LogP contribution in [0.4, 0.5) is 10.5 Å². The number of carbonyl (C=O) groups excluding carboxylic acids is 2. The van der Waals surface area contributed by atoms with Crippen molar-refractivity contribution in [3.05, 3.63) is 60.6 Å². The molecule has 0 aliphatic carbocycles. The fourth-order valence-corrected chi connectivity index (χ4v) is 7.79. The molecule has 9 nitrogen and oxygen atoms in total. The van der Waals surface area contributed by atoms with Gasteiger partial charge in [0.05, 0.1) is 5.69 Å². The van der Waals surface area contributed by atoms with Gasteiger partial charge in [-0.25, -0.2) is 29.8 Å². The molecule has 2 fully saturated rings. The number of alkyl carbamates (subject to hydrolysis) is 1. The number of nitrogens with zero attached hydrogens (tertiary/aromatic N) is 4. The van der Waals surface area contributed by atoms with Crippen LogP contribution in [0.3, 0.4) is 0 Å². The SMILES string of the molecule is C[C@H]1C[C@@H](NC(=O)[C@@H](CC2CS2(C)C)NC(=O)OCc2ccccc2)CN(c2ccnc3nccnc23)C1. The number of aromatic nitrogens is 3. The number of fused-ring (bicyclic) bond motifs is 1. The number of anilines is 1. The second-order valence-corrected chi connectivity index (χ2v) is 15.2. The van der Waals surface area contributed by atoms with Crippen LogP contribution in [0.1, 0.15) is 25.3 Å². The summed E-state index contributed by atoms with van der Waals surface area (Å²) in [6, 6.07) is 10.8. The Hall–Kier alpha value is -3.40. The van der Waals surface area contributed by atoms with E-state index in [9.17, 15) is 9.59 Å². The second-order valence-electron chi connectivity index (χ2n) is 10.9. The highest BCUT2D eigenvalue weighted by molar-refractivity contribution is 8.39. The van der Waals surface area contributed by atoms with Crippen LogP contribution in [0.15, 0.2) is 55.0 Å². The van der Waals surface area contributed by atoms with Crippen LogP contribution < -0.4 is 15.5 Å². The molecule has 1 unspecified atom stereocenters. The predicted molar refractivity (Wildman–Crippen MR) is 152 cm³/mol. The summed E-state index contributed by atoms with van der Waals surface area (Å²) in [5, 5.41) is 6.58. The molecule has 2 amide bonds. The molecular weight excluding hydrogens is 500 g/mol. The van der Waals surface area contributed by atoms with E-state index in [-0.39, 0.29) is 18.6 Å². The van der Waals surface area contributed by atoms with Crippen molar-refractivity contribution in [2.24, 2.45) is 5.92 Å². The van der Waals surface area contributed by atoms with E-state index < -0.39 is 22.2 Å². The fourth-order valence-electron chi connectivity index (χ4n) is 5.24. The van der Waals surface area contributed by atoms with E-state index in [0.717, 1.165) is 35.5 Å². The van der Waals surface area contributed by atoms with E-state index in [1.54, 1.807) is 18.6 Å². The highest BCUT2D eigenvalue weighted by Crippen LogP contribution is 2.63. The Bertz CT molecular complexity index is 1280. The average Bonchev–Trinajstić information content (AvgIpc) is 3.52. The number of carbonyl (C=O) groups is 2. The molecule has 0 spiro atoms. The molecule has 10 heteroatoms. The summed E-state index contributed by atoms with van der Waals surface area (Å²) in [5.74, 6) is 1.34. The van der Waals surface area contributed by atoms with Crippen molar-refractivity contribution in [1.82, 2.24) is 25.6 Å². The number of nitrogens with one attached hydrogen (secondary N) is 2. The lowest BCUT2D eigenvalue weighted by Crippen LogP contribution is -2.55. The number of hydrogen-bond acceptors (Lipinski definition) is 7. The van der Waals surface area contributed by atoms with E-state index >= 15 is 0 Å².